The molecule has 0 aromatic rings. The van der Waals surface area contributed by atoms with E-state index in [4.69, 9.17) is 9.84 Å². The molecule has 2 aliphatic rings. The Morgan fingerprint density at radius 2 is 2.07 bits per heavy atom. The molecule has 0 radical (unpaired) electrons. The summed E-state index contributed by atoms with van der Waals surface area (Å²) in [7, 11) is 0. The Morgan fingerprint density at radius 1 is 1.27 bits per heavy atom. The third kappa shape index (κ3) is 2.40. The van der Waals surface area contributed by atoms with Gasteiger partial charge in [-0.2, -0.15) is 0 Å². The number of aliphatic hydroxyl groups is 1. The van der Waals surface area contributed by atoms with Gasteiger partial charge in [0, 0.05) is 0 Å². The molecule has 77 valence electrons. The monoisotopic (exact) mass is 279 g/mol. The van der Waals surface area contributed by atoms with E-state index in [2.05, 4.69) is 18.2 Å². The van der Waals surface area contributed by atoms with Crippen molar-refractivity contribution in [3.05, 3.63) is 44.5 Å². The average molecular weight is 280 g/mol. The quantitative estimate of drug-likeness (QED) is 0.853. The molecule has 0 spiro atoms. The molecule has 0 saturated carbocycles. The second-order valence-electron chi connectivity index (χ2n) is 3.52. The Bertz CT molecular complexity index is 375. The molecule has 0 aliphatic heterocycles. The maximum atomic E-state index is 8.74. The van der Waals surface area contributed by atoms with Crippen molar-refractivity contribution in [1.82, 2.24) is 0 Å². The first-order chi connectivity index (χ1) is 7.33. The zero-order valence-corrected chi connectivity index (χ0v) is 11.0. The molecular formula is C12H13O2Zr. The van der Waals surface area contributed by atoms with E-state index in [1.807, 2.05) is 6.08 Å². The Balaban J connectivity index is 2.20. The number of allylic oxidation sites excluding steroid dienone is 7. The Labute approximate surface area is 105 Å². The van der Waals surface area contributed by atoms with Crippen molar-refractivity contribution < 1.29 is 34.6 Å². The first-order valence-corrected chi connectivity index (χ1v) is 6.31. The van der Waals surface area contributed by atoms with Crippen molar-refractivity contribution >= 4 is 0 Å². The van der Waals surface area contributed by atoms with Crippen molar-refractivity contribution in [3.63, 3.8) is 0 Å². The molecule has 15 heavy (non-hydrogen) atoms. The molecule has 2 aliphatic carbocycles. The van der Waals surface area contributed by atoms with Crippen LogP contribution >= 0.6 is 0 Å². The first-order valence-electron chi connectivity index (χ1n) is 5.08. The molecule has 0 amide bonds. The van der Waals surface area contributed by atoms with Gasteiger partial charge >= 0.3 is 105 Å². The van der Waals surface area contributed by atoms with Crippen molar-refractivity contribution in [2.24, 2.45) is 0 Å². The molecule has 0 heterocycles. The van der Waals surface area contributed by atoms with Gasteiger partial charge in [0.15, 0.2) is 0 Å². The van der Waals surface area contributed by atoms with Crippen LogP contribution in [0.25, 0.3) is 0 Å². The Morgan fingerprint density at radius 3 is 2.73 bits per heavy atom. The van der Waals surface area contributed by atoms with Crippen LogP contribution in [0.15, 0.2) is 44.5 Å². The van der Waals surface area contributed by atoms with Crippen LogP contribution in [0.3, 0.4) is 0 Å². The molecule has 0 unspecified atom stereocenters. The van der Waals surface area contributed by atoms with Crippen LogP contribution in [0.4, 0.5) is 0 Å². The summed E-state index contributed by atoms with van der Waals surface area (Å²) in [5.74, 6) is 0.936. The number of rotatable bonds is 4. The van der Waals surface area contributed by atoms with Gasteiger partial charge in [-0.1, -0.05) is 0 Å². The Hall–Kier alpha value is -0.397. The van der Waals surface area contributed by atoms with Crippen LogP contribution < -0.4 is 0 Å². The Kier molecular flexibility index (Phi) is 3.77. The van der Waals surface area contributed by atoms with Gasteiger partial charge in [0.05, 0.1) is 0 Å². The summed E-state index contributed by atoms with van der Waals surface area (Å²) in [5.41, 5.74) is 2.63. The van der Waals surface area contributed by atoms with Gasteiger partial charge in [0.25, 0.3) is 0 Å². The minimum atomic E-state index is 0.0736. The van der Waals surface area contributed by atoms with Gasteiger partial charge in [-0.05, 0) is 0 Å². The molecule has 0 fully saturated rings. The first kappa shape index (κ1) is 11.1. The third-order valence-electron chi connectivity index (χ3n) is 2.49. The molecule has 3 heteroatoms. The van der Waals surface area contributed by atoms with Crippen LogP contribution in [-0.4, -0.2) is 18.3 Å². The van der Waals surface area contributed by atoms with E-state index in [1.165, 1.54) is 39.1 Å². The summed E-state index contributed by atoms with van der Waals surface area (Å²) in [4.78, 5) is 0. The zero-order valence-electron chi connectivity index (χ0n) is 8.49. The fourth-order valence-electron chi connectivity index (χ4n) is 1.81. The van der Waals surface area contributed by atoms with Gasteiger partial charge in [-0.3, -0.25) is 0 Å². The third-order valence-corrected chi connectivity index (χ3v) is 3.66. The van der Waals surface area contributed by atoms with Gasteiger partial charge in [0.2, 0.25) is 0 Å². The molecule has 0 aromatic carbocycles. The van der Waals surface area contributed by atoms with Crippen molar-refractivity contribution in [2.45, 2.75) is 12.8 Å². The van der Waals surface area contributed by atoms with E-state index in [-0.39, 0.29) is 6.61 Å². The van der Waals surface area contributed by atoms with E-state index in [0.717, 1.165) is 18.6 Å². The molecule has 1 N–H and O–H groups in total. The summed E-state index contributed by atoms with van der Waals surface area (Å²) in [6, 6.07) is 0. The van der Waals surface area contributed by atoms with Crippen LogP contribution in [0.1, 0.15) is 12.8 Å². The fraction of sp³-hybridized carbons (Fsp3) is 0.333. The van der Waals surface area contributed by atoms with Gasteiger partial charge in [-0.25, -0.2) is 0 Å². The SMILES string of the molecule is OCCOC1=C(C2=[C]([Zr])CC=C2)CC=C1. The number of hydrogen-bond acceptors (Lipinski definition) is 2. The molecule has 0 bridgehead atoms. The number of ether oxygens (including phenoxy) is 1. The standard InChI is InChI=1S/C12H13O2.Zr/c13-8-9-14-12-7-3-6-11(12)10-4-1-2-5-10;/h1,3-4,7,13H,2,6,8-9H2;. The molecule has 2 rings (SSSR count). The van der Waals surface area contributed by atoms with E-state index >= 15 is 0 Å². The van der Waals surface area contributed by atoms with Crippen LogP contribution in [-0.2, 0) is 29.5 Å². The van der Waals surface area contributed by atoms with Crippen LogP contribution in [0, 0.1) is 0 Å². The number of aliphatic hydroxyl groups excluding tert-OH is 1. The number of hydrogen-bond donors (Lipinski definition) is 1. The molecule has 2 nitrogen and oxygen atoms in total. The van der Waals surface area contributed by atoms with Gasteiger partial charge < -0.3 is 0 Å². The summed E-state index contributed by atoms with van der Waals surface area (Å²) in [6.07, 6.45) is 10.6. The van der Waals surface area contributed by atoms with Gasteiger partial charge in [-0.15, -0.1) is 0 Å². The van der Waals surface area contributed by atoms with E-state index < -0.39 is 0 Å². The summed E-state index contributed by atoms with van der Waals surface area (Å²) >= 11 is 1.48. The van der Waals surface area contributed by atoms with E-state index in [1.54, 1.807) is 0 Å². The van der Waals surface area contributed by atoms with Crippen LogP contribution in [0.5, 0.6) is 0 Å². The van der Waals surface area contributed by atoms with Crippen LogP contribution in [0.2, 0.25) is 0 Å². The van der Waals surface area contributed by atoms with Crippen molar-refractivity contribution in [1.29, 1.82) is 0 Å². The molecule has 0 atom stereocenters. The van der Waals surface area contributed by atoms with E-state index in [9.17, 15) is 0 Å². The van der Waals surface area contributed by atoms with E-state index in [0.29, 0.717) is 6.61 Å². The summed E-state index contributed by atoms with van der Waals surface area (Å²) in [5, 5.41) is 8.74. The second-order valence-corrected chi connectivity index (χ2v) is 5.00. The fourth-order valence-corrected chi connectivity index (χ4v) is 2.67. The predicted molar refractivity (Wildman–Crippen MR) is 54.6 cm³/mol. The zero-order chi connectivity index (χ0) is 10.7. The second kappa shape index (κ2) is 5.09. The van der Waals surface area contributed by atoms with Gasteiger partial charge in [0.1, 0.15) is 0 Å². The summed E-state index contributed by atoms with van der Waals surface area (Å²) < 4.78 is 7.00. The van der Waals surface area contributed by atoms with Crippen molar-refractivity contribution in [2.75, 3.05) is 13.2 Å². The van der Waals surface area contributed by atoms with Crippen molar-refractivity contribution in [3.8, 4) is 0 Å². The summed E-state index contributed by atoms with van der Waals surface area (Å²) in [6.45, 7) is 0.455. The maximum absolute atomic E-state index is 8.74. The molecular weight excluding hydrogens is 267 g/mol. The molecule has 0 aromatic heterocycles. The normalized spacial score (nSPS) is 19.5. The minimum absolute atomic E-state index is 0.0736. The predicted octanol–water partition coefficient (Wildman–Crippen LogP) is 1.97. The average Bonchev–Trinajstić information content (AvgIpc) is 2.82. The molecule has 0 saturated heterocycles. The topological polar surface area (TPSA) is 29.5 Å².